The lowest BCUT2D eigenvalue weighted by atomic mass is 10.2. The first kappa shape index (κ1) is 16.3. The van der Waals surface area contributed by atoms with Crippen molar-refractivity contribution in [2.75, 3.05) is 0 Å². The summed E-state index contributed by atoms with van der Waals surface area (Å²) in [6.45, 7) is 0. The fraction of sp³-hybridized carbons (Fsp3) is 0.118. The van der Waals surface area contributed by atoms with Crippen LogP contribution < -0.4 is 0 Å². The third-order valence-corrected chi connectivity index (χ3v) is 4.34. The van der Waals surface area contributed by atoms with Gasteiger partial charge in [0, 0.05) is 11.1 Å². The first-order valence-corrected chi connectivity index (χ1v) is 7.92. The molecule has 0 aliphatic rings. The Morgan fingerprint density at radius 1 is 1.00 bits per heavy atom. The average molecular weight is 345 g/mol. The maximum atomic E-state index is 13.0. The zero-order chi connectivity index (χ0) is 17.2. The minimum Gasteiger partial charge on any atom is -0.224 e. The van der Waals surface area contributed by atoms with Crippen LogP contribution in [0.1, 0.15) is 17.0 Å². The smallest absolute Gasteiger partial charge is 0.224 e. The van der Waals surface area contributed by atoms with E-state index >= 15 is 0 Å². The number of hydrogen-bond donors (Lipinski definition) is 0. The van der Waals surface area contributed by atoms with Gasteiger partial charge in [0.05, 0.1) is 17.1 Å². The van der Waals surface area contributed by atoms with Crippen LogP contribution in [0.15, 0.2) is 53.6 Å². The Morgan fingerprint density at radius 2 is 1.71 bits per heavy atom. The van der Waals surface area contributed by atoms with E-state index in [0.29, 0.717) is 16.7 Å². The Morgan fingerprint density at radius 3 is 2.38 bits per heavy atom. The summed E-state index contributed by atoms with van der Waals surface area (Å²) in [6.07, 6.45) is -4.59. The van der Waals surface area contributed by atoms with Gasteiger partial charge in [-0.1, -0.05) is 30.3 Å². The van der Waals surface area contributed by atoms with E-state index in [9.17, 15) is 13.2 Å². The number of nitrogens with zero attached hydrogens (tertiary/aromatic N) is 3. The standard InChI is InChI=1S/C17H10F3N3S/c18-17(19,20)16-22-14-4-2-1-3-13(14)15(23-16)24-10-12-7-5-11(9-21)6-8-12/h1-8H,10H2. The largest absolute Gasteiger partial charge is 0.451 e. The molecule has 0 saturated heterocycles. The number of nitriles is 1. The summed E-state index contributed by atoms with van der Waals surface area (Å²) in [4.78, 5) is 7.29. The Labute approximate surface area is 140 Å². The first-order chi connectivity index (χ1) is 11.5. The minimum atomic E-state index is -4.59. The predicted molar refractivity (Wildman–Crippen MR) is 85.3 cm³/mol. The second-order valence-corrected chi connectivity index (χ2v) is 5.93. The van der Waals surface area contributed by atoms with Gasteiger partial charge in [-0.15, -0.1) is 11.8 Å². The summed E-state index contributed by atoms with van der Waals surface area (Å²) in [6, 6.07) is 15.6. The van der Waals surface area contributed by atoms with E-state index in [1.807, 2.05) is 6.07 Å². The molecule has 120 valence electrons. The van der Waals surface area contributed by atoms with Crippen molar-refractivity contribution in [1.82, 2.24) is 9.97 Å². The molecule has 24 heavy (non-hydrogen) atoms. The normalized spacial score (nSPS) is 11.4. The molecule has 0 aliphatic carbocycles. The van der Waals surface area contributed by atoms with E-state index in [0.717, 1.165) is 5.56 Å². The molecular formula is C17H10F3N3S. The van der Waals surface area contributed by atoms with Crippen LogP contribution >= 0.6 is 11.8 Å². The highest BCUT2D eigenvalue weighted by molar-refractivity contribution is 7.98. The molecule has 0 N–H and O–H groups in total. The van der Waals surface area contributed by atoms with Gasteiger partial charge in [0.25, 0.3) is 0 Å². The summed E-state index contributed by atoms with van der Waals surface area (Å²) in [7, 11) is 0. The van der Waals surface area contributed by atoms with Gasteiger partial charge in [-0.05, 0) is 23.8 Å². The lowest BCUT2D eigenvalue weighted by Crippen LogP contribution is -2.11. The number of hydrogen-bond acceptors (Lipinski definition) is 4. The summed E-state index contributed by atoms with van der Waals surface area (Å²) < 4.78 is 38.9. The predicted octanol–water partition coefficient (Wildman–Crippen LogP) is 4.81. The second kappa shape index (κ2) is 6.49. The average Bonchev–Trinajstić information content (AvgIpc) is 2.59. The lowest BCUT2D eigenvalue weighted by Gasteiger charge is -2.10. The van der Waals surface area contributed by atoms with Gasteiger partial charge in [-0.25, -0.2) is 9.97 Å². The fourth-order valence-corrected chi connectivity index (χ4v) is 3.09. The summed E-state index contributed by atoms with van der Waals surface area (Å²) in [5, 5.41) is 9.66. The maximum absolute atomic E-state index is 13.0. The van der Waals surface area contributed by atoms with E-state index in [-0.39, 0.29) is 10.5 Å². The fourth-order valence-electron chi connectivity index (χ4n) is 2.11. The van der Waals surface area contributed by atoms with Crippen molar-refractivity contribution in [2.24, 2.45) is 0 Å². The molecule has 0 spiro atoms. The number of benzene rings is 2. The van der Waals surface area contributed by atoms with Gasteiger partial charge in [-0.2, -0.15) is 18.4 Å². The number of fused-ring (bicyclic) bond motifs is 1. The van der Waals surface area contributed by atoms with Crippen LogP contribution in [-0.4, -0.2) is 9.97 Å². The molecule has 0 aliphatic heterocycles. The molecule has 0 saturated carbocycles. The zero-order valence-corrected chi connectivity index (χ0v) is 13.0. The van der Waals surface area contributed by atoms with Gasteiger partial charge in [0.2, 0.25) is 5.82 Å². The first-order valence-electron chi connectivity index (χ1n) is 6.93. The highest BCUT2D eigenvalue weighted by Gasteiger charge is 2.35. The van der Waals surface area contributed by atoms with Crippen molar-refractivity contribution in [3.05, 3.63) is 65.5 Å². The van der Waals surface area contributed by atoms with E-state index in [1.165, 1.54) is 17.8 Å². The number of rotatable bonds is 3. The molecule has 3 rings (SSSR count). The number of alkyl halides is 3. The highest BCUT2D eigenvalue weighted by Crippen LogP contribution is 2.33. The van der Waals surface area contributed by atoms with Crippen molar-refractivity contribution in [3.8, 4) is 6.07 Å². The molecule has 0 fully saturated rings. The van der Waals surface area contributed by atoms with E-state index in [2.05, 4.69) is 9.97 Å². The van der Waals surface area contributed by atoms with Crippen LogP contribution in [0.25, 0.3) is 10.9 Å². The summed E-state index contributed by atoms with van der Waals surface area (Å²) >= 11 is 1.21. The Bertz CT molecular complexity index is 915. The van der Waals surface area contributed by atoms with E-state index in [4.69, 9.17) is 5.26 Å². The molecule has 0 radical (unpaired) electrons. The topological polar surface area (TPSA) is 49.6 Å². The molecule has 0 atom stereocenters. The highest BCUT2D eigenvalue weighted by atomic mass is 32.2. The second-order valence-electron chi connectivity index (χ2n) is 4.96. The van der Waals surface area contributed by atoms with Crippen LogP contribution in [0.2, 0.25) is 0 Å². The third-order valence-electron chi connectivity index (χ3n) is 3.28. The number of halogens is 3. The SMILES string of the molecule is N#Cc1ccc(CSc2nc(C(F)(F)F)nc3ccccc23)cc1. The number of para-hydroxylation sites is 1. The van der Waals surface area contributed by atoms with E-state index < -0.39 is 12.0 Å². The van der Waals surface area contributed by atoms with E-state index in [1.54, 1.807) is 42.5 Å². The molecule has 3 nitrogen and oxygen atoms in total. The van der Waals surface area contributed by atoms with Crippen molar-refractivity contribution < 1.29 is 13.2 Å². The Kier molecular flexibility index (Phi) is 4.40. The van der Waals surface area contributed by atoms with Gasteiger partial charge in [-0.3, -0.25) is 0 Å². The van der Waals surface area contributed by atoms with Crippen LogP contribution in [0.5, 0.6) is 0 Å². The number of aromatic nitrogens is 2. The zero-order valence-electron chi connectivity index (χ0n) is 12.2. The Hall–Kier alpha value is -2.59. The van der Waals surface area contributed by atoms with Crippen LogP contribution in [0, 0.1) is 11.3 Å². The third kappa shape index (κ3) is 3.49. The molecule has 3 aromatic rings. The Balaban J connectivity index is 1.93. The lowest BCUT2D eigenvalue weighted by molar-refractivity contribution is -0.145. The monoisotopic (exact) mass is 345 g/mol. The molecule has 0 unspecified atom stereocenters. The molecule has 7 heteroatoms. The van der Waals surface area contributed by atoms with Gasteiger partial charge in [0.15, 0.2) is 0 Å². The molecular weight excluding hydrogens is 335 g/mol. The van der Waals surface area contributed by atoms with Gasteiger partial charge >= 0.3 is 6.18 Å². The minimum absolute atomic E-state index is 0.266. The molecule has 0 amide bonds. The molecule has 0 bridgehead atoms. The molecule has 1 aromatic heterocycles. The van der Waals surface area contributed by atoms with Crippen LogP contribution in [-0.2, 0) is 11.9 Å². The van der Waals surface area contributed by atoms with Crippen molar-refractivity contribution in [1.29, 1.82) is 5.26 Å². The molecule has 2 aromatic carbocycles. The van der Waals surface area contributed by atoms with Crippen LogP contribution in [0.4, 0.5) is 13.2 Å². The summed E-state index contributed by atoms with van der Waals surface area (Å²) in [5.41, 5.74) is 1.70. The quantitative estimate of drug-likeness (QED) is 0.505. The van der Waals surface area contributed by atoms with Gasteiger partial charge < -0.3 is 0 Å². The maximum Gasteiger partial charge on any atom is 0.451 e. The van der Waals surface area contributed by atoms with Crippen molar-refractivity contribution >= 4 is 22.7 Å². The van der Waals surface area contributed by atoms with Crippen LogP contribution in [0.3, 0.4) is 0 Å². The summed E-state index contributed by atoms with van der Waals surface area (Å²) in [5.74, 6) is -0.687. The number of thioether (sulfide) groups is 1. The van der Waals surface area contributed by atoms with Crippen molar-refractivity contribution in [3.63, 3.8) is 0 Å². The van der Waals surface area contributed by atoms with Crippen molar-refractivity contribution in [2.45, 2.75) is 17.0 Å². The molecule has 1 heterocycles. The van der Waals surface area contributed by atoms with Gasteiger partial charge in [0.1, 0.15) is 5.03 Å².